The van der Waals surface area contributed by atoms with E-state index in [0.29, 0.717) is 55.8 Å². The molecule has 1 spiro atoms. The fourth-order valence-corrected chi connectivity index (χ4v) is 12.4. The van der Waals surface area contributed by atoms with Gasteiger partial charge < -0.3 is 24.2 Å². The highest BCUT2D eigenvalue weighted by Gasteiger charge is 2.66. The Morgan fingerprint density at radius 3 is 2.47 bits per heavy atom. The van der Waals surface area contributed by atoms with E-state index in [9.17, 15) is 14.7 Å². The first-order valence-electron chi connectivity index (χ1n) is 18.2. The van der Waals surface area contributed by atoms with Crippen molar-refractivity contribution in [2.75, 3.05) is 37.2 Å². The number of aryl methyl sites for hydroxylation is 1. The molecule has 0 saturated carbocycles. The lowest BCUT2D eigenvalue weighted by atomic mass is 9.82. The molecule has 1 aromatic heterocycles. The monoisotopic (exact) mass is 739 g/mol. The number of carbonyl (C=O) groups is 3. The van der Waals surface area contributed by atoms with Crippen LogP contribution in [-0.2, 0) is 42.4 Å². The summed E-state index contributed by atoms with van der Waals surface area (Å²) >= 11 is 0. The highest BCUT2D eigenvalue weighted by atomic mass is 28.3. The standard InChI is InChI=1S/C40H49N5O7Si/c1-28-38(53(4,5)33-17-15-32(50-2)16-18-33)36(20-23-43-26-29(21-24-46)41-42-43)52-40(28)34-25-31(45(27-47)30-11-7-6-8-12-30)14-19-35(34)44(39(40)49)22-10-9-13-37(48)51-3/h6-8,11-12,14-19,25-28,36,38,46H,9-10,13,20-24H2,1-5H3/t28-,36+,38-,40+/m1/s1. The normalized spacial score (nSPS) is 20.8. The Kier molecular flexibility index (Phi) is 11.5. The highest BCUT2D eigenvalue weighted by Crippen LogP contribution is 2.60. The zero-order valence-corrected chi connectivity index (χ0v) is 32.1. The summed E-state index contributed by atoms with van der Waals surface area (Å²) in [5.41, 5.74) is 2.20. The van der Waals surface area contributed by atoms with E-state index in [1.54, 1.807) is 21.6 Å². The van der Waals surface area contributed by atoms with Gasteiger partial charge in [-0.1, -0.05) is 60.7 Å². The van der Waals surface area contributed by atoms with Gasteiger partial charge in [-0.3, -0.25) is 24.0 Å². The van der Waals surface area contributed by atoms with E-state index in [-0.39, 0.29) is 42.5 Å². The molecule has 3 aromatic carbocycles. The zero-order chi connectivity index (χ0) is 37.8. The van der Waals surface area contributed by atoms with Crippen molar-refractivity contribution in [2.45, 2.75) is 75.9 Å². The molecule has 2 amide bonds. The Morgan fingerprint density at radius 1 is 1.04 bits per heavy atom. The van der Waals surface area contributed by atoms with E-state index in [2.05, 4.69) is 42.5 Å². The number of aliphatic hydroxyl groups is 1. The molecule has 6 rings (SSSR count). The van der Waals surface area contributed by atoms with Crippen LogP contribution in [0.4, 0.5) is 17.1 Å². The predicted molar refractivity (Wildman–Crippen MR) is 204 cm³/mol. The number of hydrogen-bond donors (Lipinski definition) is 1. The number of ether oxygens (including phenoxy) is 3. The average Bonchev–Trinajstić information content (AvgIpc) is 3.82. The molecule has 280 valence electrons. The molecule has 0 aliphatic carbocycles. The maximum absolute atomic E-state index is 15.2. The number of anilines is 3. The molecule has 2 aliphatic rings. The minimum absolute atomic E-state index is 0.00708. The lowest BCUT2D eigenvalue weighted by Crippen LogP contribution is -2.52. The molecule has 13 heteroatoms. The zero-order valence-electron chi connectivity index (χ0n) is 31.1. The van der Waals surface area contributed by atoms with Crippen molar-refractivity contribution in [2.24, 2.45) is 5.92 Å². The maximum atomic E-state index is 15.2. The van der Waals surface area contributed by atoms with Crippen molar-refractivity contribution in [1.82, 2.24) is 15.0 Å². The number of unbranched alkanes of at least 4 members (excludes halogenated alkanes) is 1. The van der Waals surface area contributed by atoms with Crippen LogP contribution in [0.2, 0.25) is 18.6 Å². The van der Waals surface area contributed by atoms with E-state index in [1.165, 1.54) is 12.3 Å². The van der Waals surface area contributed by atoms with E-state index in [4.69, 9.17) is 14.2 Å². The Morgan fingerprint density at radius 2 is 1.79 bits per heavy atom. The number of hydrogen-bond acceptors (Lipinski definition) is 9. The molecule has 2 aliphatic heterocycles. The summed E-state index contributed by atoms with van der Waals surface area (Å²) in [5.74, 6) is 0.111. The molecular formula is C40H49N5O7Si. The second-order valence-electron chi connectivity index (χ2n) is 14.4. The third-order valence-electron chi connectivity index (χ3n) is 11.1. The largest absolute Gasteiger partial charge is 0.497 e. The van der Waals surface area contributed by atoms with Crippen molar-refractivity contribution < 1.29 is 33.7 Å². The predicted octanol–water partition coefficient (Wildman–Crippen LogP) is 5.11. The number of benzene rings is 3. The maximum Gasteiger partial charge on any atom is 0.305 e. The van der Waals surface area contributed by atoms with Crippen LogP contribution < -0.4 is 19.7 Å². The Bertz CT molecular complexity index is 1900. The second-order valence-corrected chi connectivity index (χ2v) is 19.1. The van der Waals surface area contributed by atoms with Gasteiger partial charge in [-0.15, -0.1) is 5.10 Å². The van der Waals surface area contributed by atoms with Gasteiger partial charge in [0.2, 0.25) is 6.41 Å². The van der Waals surface area contributed by atoms with Crippen molar-refractivity contribution in [1.29, 1.82) is 0 Å². The first kappa shape index (κ1) is 37.9. The molecule has 4 atom stereocenters. The number of aromatic nitrogens is 3. The summed E-state index contributed by atoms with van der Waals surface area (Å²) in [6, 6.07) is 23.4. The van der Waals surface area contributed by atoms with Crippen LogP contribution in [0.25, 0.3) is 0 Å². The summed E-state index contributed by atoms with van der Waals surface area (Å²) in [5, 5.41) is 19.2. The van der Waals surface area contributed by atoms with Crippen LogP contribution in [0.1, 0.15) is 43.9 Å². The number of fused-ring (bicyclic) bond motifs is 2. The second kappa shape index (κ2) is 16.0. The van der Waals surface area contributed by atoms with E-state index < -0.39 is 13.7 Å². The van der Waals surface area contributed by atoms with Crippen LogP contribution in [0.5, 0.6) is 5.75 Å². The number of aliphatic hydroxyl groups excluding tert-OH is 1. The third-order valence-corrected chi connectivity index (χ3v) is 15.4. The molecule has 4 aromatic rings. The number of para-hydroxylation sites is 1. The van der Waals surface area contributed by atoms with Crippen molar-refractivity contribution in [3.63, 3.8) is 0 Å². The first-order chi connectivity index (χ1) is 25.6. The van der Waals surface area contributed by atoms with Crippen LogP contribution in [0.3, 0.4) is 0 Å². The molecule has 1 N–H and O–H groups in total. The van der Waals surface area contributed by atoms with Gasteiger partial charge >= 0.3 is 5.97 Å². The lowest BCUT2D eigenvalue weighted by Gasteiger charge is -2.37. The van der Waals surface area contributed by atoms with E-state index in [1.807, 2.05) is 66.9 Å². The fourth-order valence-electron chi connectivity index (χ4n) is 8.38. The van der Waals surface area contributed by atoms with Crippen LogP contribution in [-0.4, -0.2) is 79.9 Å². The van der Waals surface area contributed by atoms with Gasteiger partial charge in [0.25, 0.3) is 5.91 Å². The van der Waals surface area contributed by atoms with Gasteiger partial charge in [-0.2, -0.15) is 0 Å². The molecule has 0 radical (unpaired) electrons. The van der Waals surface area contributed by atoms with Crippen molar-refractivity contribution in [3.05, 3.63) is 90.3 Å². The molecule has 0 bridgehead atoms. The van der Waals surface area contributed by atoms with E-state index >= 15 is 4.79 Å². The van der Waals surface area contributed by atoms with Gasteiger partial charge in [0.05, 0.1) is 39.8 Å². The molecule has 53 heavy (non-hydrogen) atoms. The Labute approximate surface area is 311 Å². The summed E-state index contributed by atoms with van der Waals surface area (Å²) in [7, 11) is 0.621. The minimum Gasteiger partial charge on any atom is -0.497 e. The van der Waals surface area contributed by atoms with Crippen LogP contribution in [0.15, 0.2) is 79.0 Å². The number of carbonyl (C=O) groups excluding carboxylic acids is 3. The summed E-state index contributed by atoms with van der Waals surface area (Å²) in [4.78, 5) is 43.1. The Hall–Kier alpha value is -4.85. The van der Waals surface area contributed by atoms with Gasteiger partial charge in [0.1, 0.15) is 5.75 Å². The summed E-state index contributed by atoms with van der Waals surface area (Å²) < 4.78 is 19.4. The molecule has 0 unspecified atom stereocenters. The molecule has 12 nitrogen and oxygen atoms in total. The van der Waals surface area contributed by atoms with Gasteiger partial charge in [0, 0.05) is 61.6 Å². The number of amides is 2. The lowest BCUT2D eigenvalue weighted by molar-refractivity contribution is -0.146. The molecular weight excluding hydrogens is 691 g/mol. The van der Waals surface area contributed by atoms with Gasteiger partial charge in [-0.25, -0.2) is 0 Å². The number of nitrogens with zero attached hydrogens (tertiary/aromatic N) is 5. The first-order valence-corrected chi connectivity index (χ1v) is 21.3. The average molecular weight is 740 g/mol. The van der Waals surface area contributed by atoms with Crippen LogP contribution in [0, 0.1) is 5.92 Å². The third kappa shape index (κ3) is 7.25. The highest BCUT2D eigenvalue weighted by molar-refractivity contribution is 6.91. The SMILES string of the molecule is COC(=O)CCCCN1C(=O)[C@@]2(O[C@@H](CCn3cc(CCO)nn3)[C@H]([Si](C)(C)c3ccc(OC)cc3)[C@H]2C)c2cc(N(C=O)c3ccccc3)ccc21. The van der Waals surface area contributed by atoms with E-state index in [0.717, 1.165) is 23.4 Å². The number of esters is 1. The van der Waals surface area contributed by atoms with Crippen molar-refractivity contribution >= 4 is 48.6 Å². The van der Waals surface area contributed by atoms with Crippen LogP contribution >= 0.6 is 0 Å². The Balaban J connectivity index is 1.44. The summed E-state index contributed by atoms with van der Waals surface area (Å²) in [6.07, 6.45) is 4.75. The van der Waals surface area contributed by atoms with Crippen molar-refractivity contribution in [3.8, 4) is 5.75 Å². The molecule has 1 saturated heterocycles. The van der Waals surface area contributed by atoms with Gasteiger partial charge in [-0.05, 0) is 67.3 Å². The fraction of sp³-hybridized carbons (Fsp3) is 0.425. The summed E-state index contributed by atoms with van der Waals surface area (Å²) in [6.45, 7) is 7.72. The van der Waals surface area contributed by atoms with Gasteiger partial charge in [0.15, 0.2) is 5.60 Å². The quantitative estimate of drug-likeness (QED) is 0.0720. The topological polar surface area (TPSA) is 136 Å². The molecule has 3 heterocycles. The smallest absolute Gasteiger partial charge is 0.305 e. The number of rotatable bonds is 16. The molecule has 1 fully saturated rings. The minimum atomic E-state index is -2.41. The number of methoxy groups -OCH3 is 2.